The molecule has 0 aromatic carbocycles. The van der Waals surface area contributed by atoms with Crippen molar-refractivity contribution in [2.45, 2.75) is 31.6 Å². The molecule has 13 heavy (non-hydrogen) atoms. The summed E-state index contributed by atoms with van der Waals surface area (Å²) in [7, 11) is 0. The summed E-state index contributed by atoms with van der Waals surface area (Å²) in [6.07, 6.45) is 2.43. The van der Waals surface area contributed by atoms with Crippen LogP contribution in [-0.4, -0.2) is 12.1 Å². The van der Waals surface area contributed by atoms with Crippen LogP contribution >= 0.6 is 27.3 Å². The summed E-state index contributed by atoms with van der Waals surface area (Å²) in [6.45, 7) is 0.718. The number of ether oxygens (including phenoxy) is 1. The predicted octanol–water partition coefficient (Wildman–Crippen LogP) is 2.52. The maximum atomic E-state index is 5.67. The van der Waals surface area contributed by atoms with Gasteiger partial charge in [0.1, 0.15) is 0 Å². The molecule has 2 N–H and O–H groups in total. The SMILES string of the molecule is NC1CC(OCc2sccc2Br)C1. The number of nitrogens with two attached hydrogens (primary N) is 1. The Balaban J connectivity index is 1.77. The predicted molar refractivity (Wildman–Crippen MR) is 57.8 cm³/mol. The summed E-state index contributed by atoms with van der Waals surface area (Å²) in [5, 5.41) is 2.06. The van der Waals surface area contributed by atoms with Gasteiger partial charge in [0.15, 0.2) is 0 Å². The van der Waals surface area contributed by atoms with Gasteiger partial charge < -0.3 is 10.5 Å². The Labute approximate surface area is 90.2 Å². The fourth-order valence-corrected chi connectivity index (χ4v) is 2.75. The Morgan fingerprint density at radius 1 is 1.62 bits per heavy atom. The van der Waals surface area contributed by atoms with Crippen molar-refractivity contribution in [3.8, 4) is 0 Å². The molecule has 0 unspecified atom stereocenters. The third-order valence-electron chi connectivity index (χ3n) is 2.27. The minimum Gasteiger partial charge on any atom is -0.373 e. The second-order valence-electron chi connectivity index (χ2n) is 3.36. The van der Waals surface area contributed by atoms with Gasteiger partial charge in [0, 0.05) is 15.4 Å². The minimum absolute atomic E-state index is 0.372. The molecular formula is C9H12BrNOS. The highest BCUT2D eigenvalue weighted by molar-refractivity contribution is 9.10. The van der Waals surface area contributed by atoms with Crippen LogP contribution in [0.25, 0.3) is 0 Å². The van der Waals surface area contributed by atoms with E-state index in [1.165, 1.54) is 4.88 Å². The Bertz CT molecular complexity index is 283. The molecule has 0 atom stereocenters. The molecular weight excluding hydrogens is 250 g/mol. The first-order valence-electron chi connectivity index (χ1n) is 4.35. The van der Waals surface area contributed by atoms with Crippen LogP contribution in [0.4, 0.5) is 0 Å². The van der Waals surface area contributed by atoms with Crippen molar-refractivity contribution < 1.29 is 4.74 Å². The van der Waals surface area contributed by atoms with Crippen LogP contribution in [0, 0.1) is 0 Å². The standard InChI is InChI=1S/C9H12BrNOS/c10-8-1-2-13-9(8)5-12-7-3-6(11)4-7/h1-2,6-7H,3-5,11H2. The summed E-state index contributed by atoms with van der Waals surface area (Å²) in [6, 6.07) is 2.42. The van der Waals surface area contributed by atoms with E-state index in [0.717, 1.165) is 23.9 Å². The zero-order valence-corrected chi connectivity index (χ0v) is 9.61. The van der Waals surface area contributed by atoms with Crippen molar-refractivity contribution in [3.63, 3.8) is 0 Å². The van der Waals surface area contributed by atoms with Crippen LogP contribution in [0.3, 0.4) is 0 Å². The lowest BCUT2D eigenvalue weighted by atomic mass is 9.90. The van der Waals surface area contributed by atoms with Crippen LogP contribution in [0.2, 0.25) is 0 Å². The van der Waals surface area contributed by atoms with Gasteiger partial charge in [-0.2, -0.15) is 0 Å². The summed E-state index contributed by atoms with van der Waals surface area (Å²) < 4.78 is 6.83. The van der Waals surface area contributed by atoms with Crippen molar-refractivity contribution in [1.82, 2.24) is 0 Å². The van der Waals surface area contributed by atoms with Crippen molar-refractivity contribution >= 4 is 27.3 Å². The highest BCUT2D eigenvalue weighted by Crippen LogP contribution is 2.27. The van der Waals surface area contributed by atoms with Crippen LogP contribution < -0.4 is 5.73 Å². The summed E-state index contributed by atoms with van der Waals surface area (Å²) in [5.41, 5.74) is 5.66. The van der Waals surface area contributed by atoms with E-state index in [2.05, 4.69) is 27.4 Å². The third-order valence-corrected chi connectivity index (χ3v) is 4.17. The van der Waals surface area contributed by atoms with Gasteiger partial charge in [-0.3, -0.25) is 0 Å². The van der Waals surface area contributed by atoms with Crippen molar-refractivity contribution in [2.75, 3.05) is 0 Å². The van der Waals surface area contributed by atoms with Gasteiger partial charge in [-0.1, -0.05) is 0 Å². The van der Waals surface area contributed by atoms with Gasteiger partial charge in [0.25, 0.3) is 0 Å². The highest BCUT2D eigenvalue weighted by atomic mass is 79.9. The molecule has 1 aromatic rings. The van der Waals surface area contributed by atoms with E-state index < -0.39 is 0 Å². The lowest BCUT2D eigenvalue weighted by molar-refractivity contribution is -0.0179. The van der Waals surface area contributed by atoms with Gasteiger partial charge in [-0.05, 0) is 40.2 Å². The van der Waals surface area contributed by atoms with Crippen molar-refractivity contribution in [3.05, 3.63) is 20.8 Å². The molecule has 1 aliphatic carbocycles. The second-order valence-corrected chi connectivity index (χ2v) is 5.21. The van der Waals surface area contributed by atoms with E-state index in [9.17, 15) is 0 Å². The molecule has 1 aliphatic rings. The van der Waals surface area contributed by atoms with Crippen LogP contribution in [0.15, 0.2) is 15.9 Å². The lowest BCUT2D eigenvalue weighted by Gasteiger charge is -2.32. The average molecular weight is 262 g/mol. The van der Waals surface area contributed by atoms with E-state index in [0.29, 0.717) is 12.1 Å². The average Bonchev–Trinajstić information content (AvgIpc) is 2.43. The monoisotopic (exact) mass is 261 g/mol. The van der Waals surface area contributed by atoms with Crippen LogP contribution in [0.1, 0.15) is 17.7 Å². The van der Waals surface area contributed by atoms with E-state index in [4.69, 9.17) is 10.5 Å². The molecule has 1 saturated carbocycles. The number of thiophene rings is 1. The molecule has 2 nitrogen and oxygen atoms in total. The zero-order chi connectivity index (χ0) is 9.26. The van der Waals surface area contributed by atoms with E-state index in [1.807, 2.05) is 0 Å². The number of hydrogen-bond acceptors (Lipinski definition) is 3. The summed E-state index contributed by atoms with van der Waals surface area (Å²) >= 11 is 5.20. The van der Waals surface area contributed by atoms with Gasteiger partial charge >= 0.3 is 0 Å². The Hall–Kier alpha value is 0.100. The molecule has 72 valence electrons. The summed E-state index contributed by atoms with van der Waals surface area (Å²) in [5.74, 6) is 0. The molecule has 0 saturated heterocycles. The molecule has 4 heteroatoms. The summed E-state index contributed by atoms with van der Waals surface area (Å²) in [4.78, 5) is 1.26. The van der Waals surface area contributed by atoms with E-state index >= 15 is 0 Å². The molecule has 1 heterocycles. The Kier molecular flexibility index (Phi) is 3.03. The van der Waals surface area contributed by atoms with E-state index in [-0.39, 0.29) is 0 Å². The molecule has 2 rings (SSSR count). The molecule has 0 aliphatic heterocycles. The van der Waals surface area contributed by atoms with Gasteiger partial charge in [-0.25, -0.2) is 0 Å². The van der Waals surface area contributed by atoms with E-state index in [1.54, 1.807) is 11.3 Å². The van der Waals surface area contributed by atoms with Crippen molar-refractivity contribution in [2.24, 2.45) is 5.73 Å². The molecule has 0 amide bonds. The normalized spacial score (nSPS) is 27.2. The highest BCUT2D eigenvalue weighted by Gasteiger charge is 2.26. The molecule has 0 spiro atoms. The first kappa shape index (κ1) is 9.65. The quantitative estimate of drug-likeness (QED) is 0.908. The minimum atomic E-state index is 0.372. The largest absolute Gasteiger partial charge is 0.373 e. The van der Waals surface area contributed by atoms with Crippen molar-refractivity contribution in [1.29, 1.82) is 0 Å². The first-order chi connectivity index (χ1) is 6.25. The topological polar surface area (TPSA) is 35.2 Å². The van der Waals surface area contributed by atoms with Gasteiger partial charge in [0.2, 0.25) is 0 Å². The second kappa shape index (κ2) is 4.09. The first-order valence-corrected chi connectivity index (χ1v) is 6.02. The fourth-order valence-electron chi connectivity index (χ4n) is 1.36. The Morgan fingerprint density at radius 2 is 2.38 bits per heavy atom. The third kappa shape index (κ3) is 2.31. The number of rotatable bonds is 3. The molecule has 0 bridgehead atoms. The Morgan fingerprint density at radius 3 is 2.92 bits per heavy atom. The van der Waals surface area contributed by atoms with Crippen LogP contribution in [0.5, 0.6) is 0 Å². The molecule has 0 radical (unpaired) electrons. The maximum Gasteiger partial charge on any atom is 0.0824 e. The molecule has 1 fully saturated rings. The fraction of sp³-hybridized carbons (Fsp3) is 0.556. The number of hydrogen-bond donors (Lipinski definition) is 1. The zero-order valence-electron chi connectivity index (χ0n) is 7.20. The maximum absolute atomic E-state index is 5.67. The lowest BCUT2D eigenvalue weighted by Crippen LogP contribution is -2.41. The number of halogens is 1. The van der Waals surface area contributed by atoms with Gasteiger partial charge in [-0.15, -0.1) is 11.3 Å². The molecule has 1 aromatic heterocycles. The smallest absolute Gasteiger partial charge is 0.0824 e. The van der Waals surface area contributed by atoms with Gasteiger partial charge in [0.05, 0.1) is 12.7 Å². The van der Waals surface area contributed by atoms with Crippen LogP contribution in [-0.2, 0) is 11.3 Å².